The molecule has 4 rings (SSSR count). The Bertz CT molecular complexity index is 899. The second kappa shape index (κ2) is 5.92. The van der Waals surface area contributed by atoms with E-state index < -0.39 is 0 Å². The molecule has 2 aromatic carbocycles. The largest absolute Gasteiger partial charge is 0.321 e. The van der Waals surface area contributed by atoms with Crippen molar-refractivity contribution < 1.29 is 9.18 Å². The minimum absolute atomic E-state index is 0.242. The molecule has 0 spiro atoms. The highest BCUT2D eigenvalue weighted by molar-refractivity contribution is 6.03. The molecular weight excluding hydrogens is 305 g/mol. The second-order valence-electron chi connectivity index (χ2n) is 5.96. The number of aromatic nitrogens is 2. The van der Waals surface area contributed by atoms with E-state index in [0.717, 1.165) is 24.1 Å². The van der Waals surface area contributed by atoms with E-state index in [4.69, 9.17) is 0 Å². The van der Waals surface area contributed by atoms with Gasteiger partial charge in [0.05, 0.1) is 5.69 Å². The number of carbonyl (C=O) groups is 1. The van der Waals surface area contributed by atoms with Gasteiger partial charge in [0, 0.05) is 11.3 Å². The third-order valence-electron chi connectivity index (χ3n) is 4.32. The van der Waals surface area contributed by atoms with E-state index in [1.165, 1.54) is 29.7 Å². The molecule has 4 nitrogen and oxygen atoms in total. The van der Waals surface area contributed by atoms with Gasteiger partial charge in [-0.25, -0.2) is 4.39 Å². The number of aryl methyl sites for hydroxylation is 2. The minimum atomic E-state index is -0.302. The topological polar surface area (TPSA) is 57.8 Å². The first kappa shape index (κ1) is 14.6. The molecule has 1 amide bonds. The monoisotopic (exact) mass is 321 g/mol. The van der Waals surface area contributed by atoms with E-state index >= 15 is 0 Å². The standard InChI is InChI=1S/C19H16FN3O/c20-15-7-4-13(5-8-15)17-11-18(23-22-17)19(24)21-16-9-6-12-2-1-3-14(12)10-16/h4-11H,1-3H2,(H,21,24)(H,22,23). The predicted molar refractivity (Wildman–Crippen MR) is 90.4 cm³/mol. The van der Waals surface area contributed by atoms with E-state index in [2.05, 4.69) is 21.6 Å². The quantitative estimate of drug-likeness (QED) is 0.767. The summed E-state index contributed by atoms with van der Waals surface area (Å²) in [6.07, 6.45) is 3.36. The van der Waals surface area contributed by atoms with Crippen LogP contribution in [-0.4, -0.2) is 16.1 Å². The van der Waals surface area contributed by atoms with Gasteiger partial charge in [-0.3, -0.25) is 9.89 Å². The Morgan fingerprint density at radius 2 is 1.83 bits per heavy atom. The van der Waals surface area contributed by atoms with Crippen molar-refractivity contribution >= 4 is 11.6 Å². The van der Waals surface area contributed by atoms with Crippen LogP contribution in [-0.2, 0) is 12.8 Å². The zero-order chi connectivity index (χ0) is 16.5. The molecule has 120 valence electrons. The van der Waals surface area contributed by atoms with Crippen LogP contribution < -0.4 is 5.32 Å². The number of amides is 1. The predicted octanol–water partition coefficient (Wildman–Crippen LogP) is 3.96. The minimum Gasteiger partial charge on any atom is -0.321 e. The van der Waals surface area contributed by atoms with Gasteiger partial charge in [0.1, 0.15) is 11.5 Å². The van der Waals surface area contributed by atoms with Crippen LogP contribution in [0.3, 0.4) is 0 Å². The van der Waals surface area contributed by atoms with Crippen molar-refractivity contribution in [2.45, 2.75) is 19.3 Å². The molecule has 1 heterocycles. The SMILES string of the molecule is O=C(Nc1ccc2c(c1)CCC2)c1cc(-c2ccc(F)cc2)n[nH]1. The van der Waals surface area contributed by atoms with Gasteiger partial charge in [-0.05, 0) is 72.9 Å². The maximum Gasteiger partial charge on any atom is 0.273 e. The van der Waals surface area contributed by atoms with Crippen LogP contribution in [0.2, 0.25) is 0 Å². The van der Waals surface area contributed by atoms with Gasteiger partial charge in [0.2, 0.25) is 0 Å². The lowest BCUT2D eigenvalue weighted by Gasteiger charge is -2.06. The maximum absolute atomic E-state index is 13.0. The van der Waals surface area contributed by atoms with Crippen LogP contribution in [0, 0.1) is 5.82 Å². The third kappa shape index (κ3) is 2.80. The number of anilines is 1. The number of aromatic amines is 1. The number of fused-ring (bicyclic) bond motifs is 1. The molecule has 1 aliphatic rings. The number of nitrogens with one attached hydrogen (secondary N) is 2. The summed E-state index contributed by atoms with van der Waals surface area (Å²) in [5.74, 6) is -0.544. The third-order valence-corrected chi connectivity index (χ3v) is 4.32. The number of nitrogens with zero attached hydrogens (tertiary/aromatic N) is 1. The smallest absolute Gasteiger partial charge is 0.273 e. The fraction of sp³-hybridized carbons (Fsp3) is 0.158. The molecule has 0 saturated carbocycles. The number of rotatable bonds is 3. The lowest BCUT2D eigenvalue weighted by Crippen LogP contribution is -2.12. The lowest BCUT2D eigenvalue weighted by molar-refractivity contribution is 0.102. The Balaban J connectivity index is 1.52. The normalized spacial score (nSPS) is 12.9. The molecule has 0 atom stereocenters. The summed E-state index contributed by atoms with van der Waals surface area (Å²) in [5, 5.41) is 9.76. The first-order valence-corrected chi connectivity index (χ1v) is 7.93. The Hall–Kier alpha value is -2.95. The number of hydrogen-bond donors (Lipinski definition) is 2. The molecule has 5 heteroatoms. The van der Waals surface area contributed by atoms with Gasteiger partial charge in [0.15, 0.2) is 0 Å². The highest BCUT2D eigenvalue weighted by Crippen LogP contribution is 2.25. The summed E-state index contributed by atoms with van der Waals surface area (Å²) in [6.45, 7) is 0. The molecule has 24 heavy (non-hydrogen) atoms. The zero-order valence-corrected chi connectivity index (χ0v) is 13.0. The zero-order valence-electron chi connectivity index (χ0n) is 13.0. The lowest BCUT2D eigenvalue weighted by atomic mass is 10.1. The van der Waals surface area contributed by atoms with Crippen molar-refractivity contribution in [2.24, 2.45) is 0 Å². The molecule has 0 aliphatic heterocycles. The number of hydrogen-bond acceptors (Lipinski definition) is 2. The van der Waals surface area contributed by atoms with Gasteiger partial charge in [-0.1, -0.05) is 6.07 Å². The van der Waals surface area contributed by atoms with Crippen molar-refractivity contribution in [1.29, 1.82) is 0 Å². The number of carbonyl (C=O) groups excluding carboxylic acids is 1. The Labute approximate surface area is 138 Å². The van der Waals surface area contributed by atoms with E-state index in [0.29, 0.717) is 11.4 Å². The van der Waals surface area contributed by atoms with Crippen molar-refractivity contribution in [3.8, 4) is 11.3 Å². The van der Waals surface area contributed by atoms with Crippen LogP contribution >= 0.6 is 0 Å². The average Bonchev–Trinajstić information content (AvgIpc) is 3.24. The molecule has 1 aromatic heterocycles. The fourth-order valence-corrected chi connectivity index (χ4v) is 3.05. The van der Waals surface area contributed by atoms with Crippen molar-refractivity contribution in [3.05, 3.63) is 71.2 Å². The summed E-state index contributed by atoms with van der Waals surface area (Å²) in [7, 11) is 0. The molecule has 2 N–H and O–H groups in total. The van der Waals surface area contributed by atoms with Gasteiger partial charge < -0.3 is 5.32 Å². The summed E-state index contributed by atoms with van der Waals surface area (Å²) < 4.78 is 13.0. The van der Waals surface area contributed by atoms with Gasteiger partial charge in [0.25, 0.3) is 5.91 Å². The summed E-state index contributed by atoms with van der Waals surface area (Å²) >= 11 is 0. The summed E-state index contributed by atoms with van der Waals surface area (Å²) in [5.41, 5.74) is 5.20. The Kier molecular flexibility index (Phi) is 3.61. The molecule has 1 aliphatic carbocycles. The number of halogens is 1. The highest BCUT2D eigenvalue weighted by Gasteiger charge is 2.14. The number of benzene rings is 2. The maximum atomic E-state index is 13.0. The second-order valence-corrected chi connectivity index (χ2v) is 5.96. The summed E-state index contributed by atoms with van der Waals surface area (Å²) in [4.78, 5) is 12.4. The molecule has 0 unspecified atom stereocenters. The van der Waals surface area contributed by atoms with E-state index in [-0.39, 0.29) is 11.7 Å². The molecular formula is C19H16FN3O. The molecule has 0 radical (unpaired) electrons. The Morgan fingerprint density at radius 1 is 1.04 bits per heavy atom. The van der Waals surface area contributed by atoms with Gasteiger partial charge in [-0.15, -0.1) is 0 Å². The van der Waals surface area contributed by atoms with Crippen LogP contribution in [0.1, 0.15) is 28.0 Å². The van der Waals surface area contributed by atoms with E-state index in [1.807, 2.05) is 12.1 Å². The number of H-pyrrole nitrogens is 1. The van der Waals surface area contributed by atoms with Crippen LogP contribution in [0.4, 0.5) is 10.1 Å². The van der Waals surface area contributed by atoms with Gasteiger partial charge in [-0.2, -0.15) is 5.10 Å². The van der Waals surface area contributed by atoms with E-state index in [1.54, 1.807) is 18.2 Å². The fourth-order valence-electron chi connectivity index (χ4n) is 3.05. The molecule has 3 aromatic rings. The van der Waals surface area contributed by atoms with Crippen molar-refractivity contribution in [1.82, 2.24) is 10.2 Å². The summed E-state index contributed by atoms with van der Waals surface area (Å²) in [6, 6.07) is 13.7. The first-order chi connectivity index (χ1) is 11.7. The van der Waals surface area contributed by atoms with Gasteiger partial charge >= 0.3 is 0 Å². The van der Waals surface area contributed by atoms with Crippen molar-refractivity contribution in [2.75, 3.05) is 5.32 Å². The molecule has 0 bridgehead atoms. The highest BCUT2D eigenvalue weighted by atomic mass is 19.1. The van der Waals surface area contributed by atoms with Crippen LogP contribution in [0.25, 0.3) is 11.3 Å². The average molecular weight is 321 g/mol. The van der Waals surface area contributed by atoms with E-state index in [9.17, 15) is 9.18 Å². The molecule has 0 fully saturated rings. The Morgan fingerprint density at radius 3 is 2.67 bits per heavy atom. The first-order valence-electron chi connectivity index (χ1n) is 7.93. The molecule has 0 saturated heterocycles. The van der Waals surface area contributed by atoms with Crippen LogP contribution in [0.5, 0.6) is 0 Å². The van der Waals surface area contributed by atoms with Crippen molar-refractivity contribution in [3.63, 3.8) is 0 Å². The van der Waals surface area contributed by atoms with Crippen LogP contribution in [0.15, 0.2) is 48.5 Å².